The van der Waals surface area contributed by atoms with Crippen molar-refractivity contribution in [3.05, 3.63) is 57.9 Å². The fraction of sp³-hybridized carbons (Fsp3) is 0.143. The largest absolute Gasteiger partial charge is 0.478 e. The first-order chi connectivity index (χ1) is 9.08. The Morgan fingerprint density at radius 2 is 1.95 bits per heavy atom. The highest BCUT2D eigenvalue weighted by Gasteiger charge is 2.06. The molecule has 5 heteroatoms. The number of aromatic carboxylic acids is 1. The van der Waals surface area contributed by atoms with E-state index < -0.39 is 11.5 Å². The van der Waals surface area contributed by atoms with Crippen LogP contribution in [0.1, 0.15) is 22.8 Å². The van der Waals surface area contributed by atoms with Crippen molar-refractivity contribution in [2.45, 2.75) is 13.3 Å². The van der Waals surface area contributed by atoms with Gasteiger partial charge in [0.15, 0.2) is 0 Å². The predicted molar refractivity (Wildman–Crippen MR) is 73.1 cm³/mol. The number of hydrogen-bond acceptors (Lipinski definition) is 3. The minimum atomic E-state index is -1.13. The third-order valence-electron chi connectivity index (χ3n) is 2.73. The molecule has 19 heavy (non-hydrogen) atoms. The lowest BCUT2D eigenvalue weighted by atomic mass is 10.1. The molecule has 0 fully saturated rings. The van der Waals surface area contributed by atoms with E-state index in [-0.39, 0.29) is 5.56 Å². The minimum Gasteiger partial charge on any atom is -0.478 e. The van der Waals surface area contributed by atoms with E-state index in [9.17, 15) is 9.59 Å². The molecule has 0 bridgehead atoms. The molecule has 0 saturated heterocycles. The maximum Gasteiger partial charge on any atom is 0.336 e. The first kappa shape index (κ1) is 12.9. The molecule has 3 N–H and O–H groups in total. The third kappa shape index (κ3) is 3.22. The van der Waals surface area contributed by atoms with Crippen LogP contribution in [-0.4, -0.2) is 16.1 Å². The van der Waals surface area contributed by atoms with Gasteiger partial charge in [0.2, 0.25) is 5.56 Å². The number of hydrogen-bond donors (Lipinski definition) is 3. The van der Waals surface area contributed by atoms with E-state index in [4.69, 9.17) is 5.11 Å². The van der Waals surface area contributed by atoms with Crippen molar-refractivity contribution in [1.29, 1.82) is 0 Å². The van der Waals surface area contributed by atoms with Crippen LogP contribution in [0.4, 0.5) is 11.5 Å². The Balaban J connectivity index is 2.27. The van der Waals surface area contributed by atoms with Crippen LogP contribution in [-0.2, 0) is 6.42 Å². The van der Waals surface area contributed by atoms with Gasteiger partial charge in [0, 0.05) is 11.8 Å². The number of carbonyl (C=O) groups is 1. The Bertz CT molecular complexity index is 644. The lowest BCUT2D eigenvalue weighted by molar-refractivity contribution is 0.0696. The quantitative estimate of drug-likeness (QED) is 0.786. The molecule has 0 radical (unpaired) electrons. The topological polar surface area (TPSA) is 82.2 Å². The molecule has 5 nitrogen and oxygen atoms in total. The number of aromatic amines is 1. The molecule has 2 rings (SSSR count). The summed E-state index contributed by atoms with van der Waals surface area (Å²) in [4.78, 5) is 24.8. The summed E-state index contributed by atoms with van der Waals surface area (Å²) in [5.74, 6) is -0.773. The molecule has 98 valence electrons. The first-order valence-electron chi connectivity index (χ1n) is 5.92. The fourth-order valence-electron chi connectivity index (χ4n) is 1.71. The van der Waals surface area contributed by atoms with Gasteiger partial charge in [-0.3, -0.25) is 4.79 Å². The van der Waals surface area contributed by atoms with E-state index in [1.807, 2.05) is 24.3 Å². The number of H-pyrrole nitrogens is 1. The minimum absolute atomic E-state index is 0.0450. The van der Waals surface area contributed by atoms with Crippen LogP contribution in [0.25, 0.3) is 0 Å². The smallest absolute Gasteiger partial charge is 0.336 e. The average Bonchev–Trinajstić information content (AvgIpc) is 2.39. The maximum atomic E-state index is 11.3. The second-order valence-corrected chi connectivity index (χ2v) is 4.13. The molecular formula is C14H14N2O3. The van der Waals surface area contributed by atoms with Crippen LogP contribution in [0, 0.1) is 0 Å². The summed E-state index contributed by atoms with van der Waals surface area (Å²) in [5, 5.41) is 11.9. The van der Waals surface area contributed by atoms with Crippen molar-refractivity contribution in [2.24, 2.45) is 0 Å². The van der Waals surface area contributed by atoms with Gasteiger partial charge in [0.1, 0.15) is 5.82 Å². The number of nitrogens with one attached hydrogen (secondary N) is 2. The zero-order valence-electron chi connectivity index (χ0n) is 10.4. The van der Waals surface area contributed by atoms with Gasteiger partial charge in [-0.05, 0) is 30.2 Å². The van der Waals surface area contributed by atoms with Gasteiger partial charge in [0.25, 0.3) is 0 Å². The van der Waals surface area contributed by atoms with Gasteiger partial charge in [-0.15, -0.1) is 0 Å². The summed E-state index contributed by atoms with van der Waals surface area (Å²) >= 11 is 0. The molecule has 2 aromatic rings. The number of aromatic nitrogens is 1. The number of carboxylic acids is 1. The maximum absolute atomic E-state index is 11.3. The molecule has 0 unspecified atom stereocenters. The molecule has 0 saturated carbocycles. The summed E-state index contributed by atoms with van der Waals surface area (Å²) in [7, 11) is 0. The van der Waals surface area contributed by atoms with Crippen LogP contribution in [0.3, 0.4) is 0 Å². The van der Waals surface area contributed by atoms with E-state index in [0.717, 1.165) is 18.2 Å². The molecule has 0 aliphatic heterocycles. The summed E-state index contributed by atoms with van der Waals surface area (Å²) < 4.78 is 0. The first-order valence-corrected chi connectivity index (χ1v) is 5.92. The van der Waals surface area contributed by atoms with Gasteiger partial charge in [-0.2, -0.15) is 0 Å². The van der Waals surface area contributed by atoms with Crippen molar-refractivity contribution >= 4 is 17.5 Å². The highest BCUT2D eigenvalue weighted by Crippen LogP contribution is 2.15. The van der Waals surface area contributed by atoms with Crippen molar-refractivity contribution in [2.75, 3.05) is 5.32 Å². The Labute approximate surface area is 109 Å². The van der Waals surface area contributed by atoms with Crippen molar-refractivity contribution in [1.82, 2.24) is 4.98 Å². The van der Waals surface area contributed by atoms with Gasteiger partial charge < -0.3 is 15.4 Å². The number of pyridine rings is 1. The predicted octanol–water partition coefficient (Wildman–Crippen LogP) is 2.38. The molecule has 0 amide bonds. The lowest BCUT2D eigenvalue weighted by Gasteiger charge is -2.07. The van der Waals surface area contributed by atoms with Crippen LogP contribution < -0.4 is 10.9 Å². The Morgan fingerprint density at radius 3 is 2.53 bits per heavy atom. The molecule has 1 aromatic carbocycles. The van der Waals surface area contributed by atoms with Crippen LogP contribution in [0.15, 0.2) is 41.2 Å². The standard InChI is InChI=1S/C14H14N2O3/c1-2-9-3-5-11(6-4-9)15-12-7-10(14(18)19)8-13(17)16-12/h3-8H,2H2,1H3,(H,18,19)(H2,15,16,17). The van der Waals surface area contributed by atoms with E-state index >= 15 is 0 Å². The van der Waals surface area contributed by atoms with Gasteiger partial charge in [-0.1, -0.05) is 19.1 Å². The third-order valence-corrected chi connectivity index (χ3v) is 2.73. The normalized spacial score (nSPS) is 10.2. The molecule has 0 aliphatic carbocycles. The summed E-state index contributed by atoms with van der Waals surface area (Å²) in [6.07, 6.45) is 0.950. The van der Waals surface area contributed by atoms with E-state index in [0.29, 0.717) is 5.82 Å². The van der Waals surface area contributed by atoms with Crippen molar-refractivity contribution in [3.63, 3.8) is 0 Å². The molecule has 0 atom stereocenters. The van der Waals surface area contributed by atoms with E-state index in [1.165, 1.54) is 11.6 Å². The zero-order valence-corrected chi connectivity index (χ0v) is 10.4. The van der Waals surface area contributed by atoms with Crippen LogP contribution >= 0.6 is 0 Å². The number of aryl methyl sites for hydroxylation is 1. The van der Waals surface area contributed by atoms with E-state index in [1.54, 1.807) is 0 Å². The van der Waals surface area contributed by atoms with Crippen LogP contribution in [0.2, 0.25) is 0 Å². The summed E-state index contributed by atoms with van der Waals surface area (Å²) in [6, 6.07) is 10.1. The van der Waals surface area contributed by atoms with Gasteiger partial charge in [-0.25, -0.2) is 4.79 Å². The van der Waals surface area contributed by atoms with E-state index in [2.05, 4.69) is 17.2 Å². The molecule has 0 aliphatic rings. The van der Waals surface area contributed by atoms with Gasteiger partial charge >= 0.3 is 5.97 Å². The monoisotopic (exact) mass is 258 g/mol. The Morgan fingerprint density at radius 1 is 1.26 bits per heavy atom. The number of rotatable bonds is 4. The number of carboxylic acid groups (broad SMARTS) is 1. The molecule has 0 spiro atoms. The summed E-state index contributed by atoms with van der Waals surface area (Å²) in [5.41, 5.74) is 1.50. The number of anilines is 2. The fourth-order valence-corrected chi connectivity index (χ4v) is 1.71. The molecule has 1 heterocycles. The zero-order chi connectivity index (χ0) is 13.8. The lowest BCUT2D eigenvalue weighted by Crippen LogP contribution is -2.11. The van der Waals surface area contributed by atoms with Crippen molar-refractivity contribution < 1.29 is 9.90 Å². The van der Waals surface area contributed by atoms with Gasteiger partial charge in [0.05, 0.1) is 5.56 Å². The van der Waals surface area contributed by atoms with Crippen LogP contribution in [0.5, 0.6) is 0 Å². The second-order valence-electron chi connectivity index (χ2n) is 4.13. The van der Waals surface area contributed by atoms with Crippen molar-refractivity contribution in [3.8, 4) is 0 Å². The molecule has 1 aromatic heterocycles. The SMILES string of the molecule is CCc1ccc(Nc2cc(C(=O)O)cc(=O)[nH]2)cc1. The highest BCUT2D eigenvalue weighted by atomic mass is 16.4. The summed E-state index contributed by atoms with van der Waals surface area (Å²) in [6.45, 7) is 2.07. The highest BCUT2D eigenvalue weighted by molar-refractivity contribution is 5.88. The second kappa shape index (κ2) is 5.39. The number of benzene rings is 1. The average molecular weight is 258 g/mol. The molecular weight excluding hydrogens is 244 g/mol. The Kier molecular flexibility index (Phi) is 3.66. The Hall–Kier alpha value is -2.56.